The number of nitrogens with one attached hydrogen (secondary N) is 1. The van der Waals surface area contributed by atoms with Crippen LogP contribution in [0.1, 0.15) is 44.6 Å². The zero-order chi connectivity index (χ0) is 13.8. The van der Waals surface area contributed by atoms with E-state index in [1.165, 1.54) is 57.2 Å². The van der Waals surface area contributed by atoms with Gasteiger partial charge in [-0.05, 0) is 64.1 Å². The number of nitrogens with zero attached hydrogens (tertiary/aromatic N) is 1. The molecule has 1 saturated heterocycles. The number of piperidine rings is 1. The van der Waals surface area contributed by atoms with Crippen LogP contribution in [0, 0.1) is 0 Å². The van der Waals surface area contributed by atoms with Crippen molar-refractivity contribution in [2.75, 3.05) is 13.1 Å². The van der Waals surface area contributed by atoms with Gasteiger partial charge in [0, 0.05) is 18.1 Å². The van der Waals surface area contributed by atoms with Crippen LogP contribution in [0.4, 0.5) is 0 Å². The molecule has 110 valence electrons. The summed E-state index contributed by atoms with van der Waals surface area (Å²) in [7, 11) is 0. The highest BCUT2D eigenvalue weighted by Crippen LogP contribution is 2.29. The number of hydrogen-bond acceptors (Lipinski definition) is 2. The van der Waals surface area contributed by atoms with Gasteiger partial charge in [-0.1, -0.05) is 30.3 Å². The van der Waals surface area contributed by atoms with Crippen molar-refractivity contribution >= 4 is 0 Å². The van der Waals surface area contributed by atoms with Gasteiger partial charge in [-0.2, -0.15) is 0 Å². The molecule has 1 N–H and O–H groups in total. The zero-order valence-electron chi connectivity index (χ0n) is 12.7. The second-order valence-corrected chi connectivity index (χ2v) is 6.63. The fourth-order valence-corrected chi connectivity index (χ4v) is 3.38. The number of rotatable bonds is 6. The van der Waals surface area contributed by atoms with E-state index in [0.717, 1.165) is 12.1 Å². The van der Waals surface area contributed by atoms with E-state index in [1.54, 1.807) is 0 Å². The molecule has 0 bridgehead atoms. The first-order valence-electron chi connectivity index (χ1n) is 8.35. The van der Waals surface area contributed by atoms with E-state index in [9.17, 15) is 0 Å². The van der Waals surface area contributed by atoms with Crippen LogP contribution in [0.3, 0.4) is 0 Å². The summed E-state index contributed by atoms with van der Waals surface area (Å²) in [5, 5.41) is 3.84. The molecule has 0 amide bonds. The van der Waals surface area contributed by atoms with E-state index in [4.69, 9.17) is 0 Å². The van der Waals surface area contributed by atoms with E-state index < -0.39 is 0 Å². The molecular formula is C18H28N2. The lowest BCUT2D eigenvalue weighted by Gasteiger charge is -2.34. The highest BCUT2D eigenvalue weighted by molar-refractivity contribution is 5.14. The minimum absolute atomic E-state index is 0.632. The molecule has 1 heterocycles. The minimum atomic E-state index is 0.632. The molecule has 0 spiro atoms. The Kier molecular flexibility index (Phi) is 4.74. The Hall–Kier alpha value is -0.860. The molecule has 1 aromatic rings. The van der Waals surface area contributed by atoms with Gasteiger partial charge in [-0.25, -0.2) is 0 Å². The summed E-state index contributed by atoms with van der Waals surface area (Å²) in [6, 6.07) is 13.2. The summed E-state index contributed by atoms with van der Waals surface area (Å²) in [5.74, 6) is 0. The zero-order valence-corrected chi connectivity index (χ0v) is 12.7. The standard InChI is InChI=1S/C18H28N2/c1-15(7-8-16-5-3-2-4-6-16)19-17-11-13-20(14-12-17)18-9-10-18/h2-6,15,17-19H,7-14H2,1H3. The van der Waals surface area contributed by atoms with Crippen LogP contribution in [-0.4, -0.2) is 36.1 Å². The molecule has 1 aliphatic carbocycles. The van der Waals surface area contributed by atoms with Crippen molar-refractivity contribution in [1.29, 1.82) is 0 Å². The maximum absolute atomic E-state index is 3.84. The average Bonchev–Trinajstić information content (AvgIpc) is 3.32. The predicted molar refractivity (Wildman–Crippen MR) is 85.0 cm³/mol. The predicted octanol–water partition coefficient (Wildman–Crippen LogP) is 3.22. The smallest absolute Gasteiger partial charge is 0.00964 e. The van der Waals surface area contributed by atoms with Gasteiger partial charge in [0.25, 0.3) is 0 Å². The topological polar surface area (TPSA) is 15.3 Å². The Morgan fingerprint density at radius 1 is 1.10 bits per heavy atom. The lowest BCUT2D eigenvalue weighted by molar-refractivity contribution is 0.183. The van der Waals surface area contributed by atoms with Crippen molar-refractivity contribution < 1.29 is 0 Å². The largest absolute Gasteiger partial charge is 0.311 e. The van der Waals surface area contributed by atoms with Crippen molar-refractivity contribution in [3.63, 3.8) is 0 Å². The molecule has 1 atom stereocenters. The van der Waals surface area contributed by atoms with Gasteiger partial charge in [-0.3, -0.25) is 0 Å². The summed E-state index contributed by atoms with van der Waals surface area (Å²) in [4.78, 5) is 2.70. The highest BCUT2D eigenvalue weighted by Gasteiger charge is 2.31. The molecule has 20 heavy (non-hydrogen) atoms. The van der Waals surface area contributed by atoms with Crippen LogP contribution in [0.25, 0.3) is 0 Å². The van der Waals surface area contributed by atoms with Crippen LogP contribution in [0.15, 0.2) is 30.3 Å². The van der Waals surface area contributed by atoms with Crippen LogP contribution >= 0.6 is 0 Å². The quantitative estimate of drug-likeness (QED) is 0.855. The first kappa shape index (κ1) is 14.1. The van der Waals surface area contributed by atoms with Crippen molar-refractivity contribution in [3.05, 3.63) is 35.9 Å². The van der Waals surface area contributed by atoms with Gasteiger partial charge in [-0.15, -0.1) is 0 Å². The number of likely N-dealkylation sites (tertiary alicyclic amines) is 1. The maximum Gasteiger partial charge on any atom is 0.00964 e. The average molecular weight is 272 g/mol. The van der Waals surface area contributed by atoms with Crippen LogP contribution in [0.5, 0.6) is 0 Å². The summed E-state index contributed by atoms with van der Waals surface area (Å²) < 4.78 is 0. The fraction of sp³-hybridized carbons (Fsp3) is 0.667. The Labute approximate surface area is 123 Å². The van der Waals surface area contributed by atoms with E-state index in [-0.39, 0.29) is 0 Å². The molecule has 0 radical (unpaired) electrons. The molecule has 1 aliphatic heterocycles. The second-order valence-electron chi connectivity index (χ2n) is 6.63. The molecule has 1 unspecified atom stereocenters. The Morgan fingerprint density at radius 2 is 1.80 bits per heavy atom. The fourth-order valence-electron chi connectivity index (χ4n) is 3.38. The summed E-state index contributed by atoms with van der Waals surface area (Å²) in [6.45, 7) is 4.97. The SMILES string of the molecule is CC(CCc1ccccc1)NC1CCN(C2CC2)CC1. The monoisotopic (exact) mass is 272 g/mol. The van der Waals surface area contributed by atoms with Gasteiger partial charge in [0.05, 0.1) is 0 Å². The molecule has 1 saturated carbocycles. The lowest BCUT2D eigenvalue weighted by Crippen LogP contribution is -2.46. The molecule has 1 aromatic carbocycles. The van der Waals surface area contributed by atoms with E-state index in [2.05, 4.69) is 47.5 Å². The van der Waals surface area contributed by atoms with Crippen molar-refractivity contribution in [2.45, 2.75) is 63.6 Å². The van der Waals surface area contributed by atoms with Gasteiger partial charge in [0.2, 0.25) is 0 Å². The first-order valence-corrected chi connectivity index (χ1v) is 8.35. The third-order valence-electron chi connectivity index (χ3n) is 4.82. The molecule has 2 heteroatoms. The lowest BCUT2D eigenvalue weighted by atomic mass is 10.0. The van der Waals surface area contributed by atoms with Crippen molar-refractivity contribution in [3.8, 4) is 0 Å². The third-order valence-corrected chi connectivity index (χ3v) is 4.82. The van der Waals surface area contributed by atoms with Crippen molar-refractivity contribution in [1.82, 2.24) is 10.2 Å². The van der Waals surface area contributed by atoms with E-state index >= 15 is 0 Å². The number of benzene rings is 1. The Balaban J connectivity index is 1.35. The Morgan fingerprint density at radius 3 is 2.45 bits per heavy atom. The molecule has 2 aliphatic rings. The summed E-state index contributed by atoms with van der Waals surface area (Å²) in [5.41, 5.74) is 1.46. The highest BCUT2D eigenvalue weighted by atomic mass is 15.2. The summed E-state index contributed by atoms with van der Waals surface area (Å²) in [6.07, 6.45) is 8.01. The van der Waals surface area contributed by atoms with Gasteiger partial charge in [0.15, 0.2) is 0 Å². The minimum Gasteiger partial charge on any atom is -0.311 e. The van der Waals surface area contributed by atoms with Crippen molar-refractivity contribution in [2.24, 2.45) is 0 Å². The normalized spacial score (nSPS) is 22.9. The van der Waals surface area contributed by atoms with E-state index in [0.29, 0.717) is 6.04 Å². The third kappa shape index (κ3) is 4.07. The molecule has 3 rings (SSSR count). The molecule has 2 fully saturated rings. The Bertz CT molecular complexity index is 391. The molecule has 2 nitrogen and oxygen atoms in total. The first-order chi connectivity index (χ1) is 9.81. The number of aryl methyl sites for hydroxylation is 1. The molecule has 0 aromatic heterocycles. The van der Waals surface area contributed by atoms with Crippen LogP contribution in [0.2, 0.25) is 0 Å². The molecular weight excluding hydrogens is 244 g/mol. The number of hydrogen-bond donors (Lipinski definition) is 1. The second kappa shape index (κ2) is 6.73. The van der Waals surface area contributed by atoms with Gasteiger partial charge in [0.1, 0.15) is 0 Å². The summed E-state index contributed by atoms with van der Waals surface area (Å²) >= 11 is 0. The van der Waals surface area contributed by atoms with Gasteiger partial charge >= 0.3 is 0 Å². The maximum atomic E-state index is 3.84. The van der Waals surface area contributed by atoms with E-state index in [1.807, 2.05) is 0 Å². The van der Waals surface area contributed by atoms with Gasteiger partial charge < -0.3 is 10.2 Å². The van der Waals surface area contributed by atoms with Crippen LogP contribution in [-0.2, 0) is 6.42 Å². The van der Waals surface area contributed by atoms with Crippen LogP contribution < -0.4 is 5.32 Å².